The minimum Gasteiger partial charge on any atom is -0.341 e. The molecule has 4 heterocycles. The molecule has 8 nitrogen and oxygen atoms in total. The summed E-state index contributed by atoms with van der Waals surface area (Å²) in [6, 6.07) is 5.77. The molecule has 144 valence electrons. The van der Waals surface area contributed by atoms with E-state index in [1.54, 1.807) is 12.4 Å². The maximum atomic E-state index is 12.5. The zero-order valence-corrected chi connectivity index (χ0v) is 15.5. The number of nitrogens with zero attached hydrogens (tertiary/aromatic N) is 5. The minimum atomic E-state index is 0.00237. The highest BCUT2D eigenvalue weighted by Crippen LogP contribution is 2.29. The van der Waals surface area contributed by atoms with Crippen LogP contribution in [-0.4, -0.2) is 56.6 Å². The van der Waals surface area contributed by atoms with Crippen molar-refractivity contribution in [2.45, 2.75) is 37.6 Å². The lowest BCUT2D eigenvalue weighted by Crippen LogP contribution is -2.46. The molecule has 0 bridgehead atoms. The van der Waals surface area contributed by atoms with E-state index in [-0.39, 0.29) is 17.9 Å². The van der Waals surface area contributed by atoms with E-state index in [1.807, 2.05) is 23.1 Å². The Hall–Kier alpha value is -2.87. The highest BCUT2D eigenvalue weighted by atomic mass is 16.5. The van der Waals surface area contributed by atoms with E-state index in [4.69, 9.17) is 4.52 Å². The van der Waals surface area contributed by atoms with Crippen molar-refractivity contribution in [3.05, 3.63) is 36.5 Å². The van der Waals surface area contributed by atoms with Gasteiger partial charge in [-0.2, -0.15) is 4.98 Å². The smallest absolute Gasteiger partial charge is 0.239 e. The third-order valence-corrected chi connectivity index (χ3v) is 5.68. The van der Waals surface area contributed by atoms with Gasteiger partial charge < -0.3 is 14.7 Å². The van der Waals surface area contributed by atoms with Gasteiger partial charge in [-0.3, -0.25) is 14.8 Å². The van der Waals surface area contributed by atoms with Crippen molar-refractivity contribution in [1.29, 1.82) is 0 Å². The fourth-order valence-electron chi connectivity index (χ4n) is 4.08. The molecule has 28 heavy (non-hydrogen) atoms. The van der Waals surface area contributed by atoms with Crippen molar-refractivity contribution in [2.75, 3.05) is 19.6 Å². The van der Waals surface area contributed by atoms with Crippen LogP contribution in [0.5, 0.6) is 0 Å². The number of hydrogen-bond acceptors (Lipinski definition) is 7. The second-order valence-electron chi connectivity index (χ2n) is 7.46. The van der Waals surface area contributed by atoms with Gasteiger partial charge in [-0.1, -0.05) is 5.16 Å². The molecule has 0 saturated carbocycles. The average molecular weight is 378 g/mol. The van der Waals surface area contributed by atoms with Gasteiger partial charge in [0.05, 0.1) is 17.1 Å². The van der Waals surface area contributed by atoms with Gasteiger partial charge in [0.15, 0.2) is 0 Å². The minimum absolute atomic E-state index is 0.00237. The summed E-state index contributed by atoms with van der Waals surface area (Å²) in [5, 5.41) is 7.45. The van der Waals surface area contributed by atoms with Crippen molar-refractivity contribution >= 4 is 16.9 Å². The molecule has 1 atom stereocenters. The predicted octanol–water partition coefficient (Wildman–Crippen LogP) is 2.14. The van der Waals surface area contributed by atoms with Crippen LogP contribution in [0.15, 0.2) is 35.1 Å². The highest BCUT2D eigenvalue weighted by Gasteiger charge is 2.32. The van der Waals surface area contributed by atoms with Gasteiger partial charge in [-0.15, -0.1) is 0 Å². The largest absolute Gasteiger partial charge is 0.341 e. The first-order valence-electron chi connectivity index (χ1n) is 9.85. The SMILES string of the molecule is O=C([C@@H]1CCCN1)N1CCC(c2nc(-c3ccc4nccnc4c3)no2)CC1. The van der Waals surface area contributed by atoms with Crippen LogP contribution in [0.1, 0.15) is 37.5 Å². The van der Waals surface area contributed by atoms with Gasteiger partial charge in [0.2, 0.25) is 17.6 Å². The Morgan fingerprint density at radius 3 is 2.71 bits per heavy atom. The van der Waals surface area contributed by atoms with Crippen LogP contribution < -0.4 is 5.32 Å². The third-order valence-electron chi connectivity index (χ3n) is 5.68. The quantitative estimate of drug-likeness (QED) is 0.746. The van der Waals surface area contributed by atoms with E-state index in [9.17, 15) is 4.79 Å². The molecule has 8 heteroatoms. The molecule has 2 aliphatic rings. The number of amides is 1. The van der Waals surface area contributed by atoms with E-state index >= 15 is 0 Å². The van der Waals surface area contributed by atoms with E-state index in [2.05, 4.69) is 25.4 Å². The van der Waals surface area contributed by atoms with Crippen LogP contribution in [0.4, 0.5) is 0 Å². The number of nitrogens with one attached hydrogen (secondary N) is 1. The summed E-state index contributed by atoms with van der Waals surface area (Å²) >= 11 is 0. The first-order chi connectivity index (χ1) is 13.8. The number of benzene rings is 1. The van der Waals surface area contributed by atoms with Crippen molar-refractivity contribution in [1.82, 2.24) is 30.3 Å². The van der Waals surface area contributed by atoms with E-state index in [1.165, 1.54) is 0 Å². The summed E-state index contributed by atoms with van der Waals surface area (Å²) in [6.07, 6.45) is 7.07. The molecule has 5 rings (SSSR count). The van der Waals surface area contributed by atoms with E-state index in [0.29, 0.717) is 11.7 Å². The van der Waals surface area contributed by atoms with Crippen LogP contribution in [-0.2, 0) is 4.79 Å². The summed E-state index contributed by atoms with van der Waals surface area (Å²) < 4.78 is 5.55. The number of hydrogen-bond donors (Lipinski definition) is 1. The molecule has 0 aliphatic carbocycles. The molecular formula is C20H22N6O2. The van der Waals surface area contributed by atoms with Gasteiger partial charge in [-0.25, -0.2) is 0 Å². The fraction of sp³-hybridized carbons (Fsp3) is 0.450. The van der Waals surface area contributed by atoms with Gasteiger partial charge in [-0.05, 0) is 50.4 Å². The molecule has 2 fully saturated rings. The normalized spacial score (nSPS) is 20.7. The lowest BCUT2D eigenvalue weighted by Gasteiger charge is -2.32. The molecule has 1 aromatic carbocycles. The molecule has 0 unspecified atom stereocenters. The Kier molecular flexibility index (Phi) is 4.48. The van der Waals surface area contributed by atoms with Gasteiger partial charge in [0.1, 0.15) is 0 Å². The molecule has 1 N–H and O–H groups in total. The number of aromatic nitrogens is 4. The highest BCUT2D eigenvalue weighted by molar-refractivity contribution is 5.82. The Morgan fingerprint density at radius 2 is 1.93 bits per heavy atom. The lowest BCUT2D eigenvalue weighted by atomic mass is 9.96. The standard InChI is InChI=1S/C20H22N6O2/c27-20(16-2-1-7-21-16)26-10-5-13(6-11-26)19-24-18(25-28-19)14-3-4-15-17(12-14)23-9-8-22-15/h3-4,8-9,12-13,16,21H,1-2,5-7,10-11H2/t16-/m0/s1. The zero-order chi connectivity index (χ0) is 18.9. The topological polar surface area (TPSA) is 97.0 Å². The van der Waals surface area contributed by atoms with Crippen molar-refractivity contribution in [2.24, 2.45) is 0 Å². The molecule has 2 aromatic heterocycles. The summed E-state index contributed by atoms with van der Waals surface area (Å²) in [5.74, 6) is 1.65. The number of carbonyl (C=O) groups is 1. The summed E-state index contributed by atoms with van der Waals surface area (Å²) in [7, 11) is 0. The van der Waals surface area contributed by atoms with Crippen LogP contribution in [0.2, 0.25) is 0 Å². The Labute approximate surface area is 162 Å². The number of rotatable bonds is 3. The van der Waals surface area contributed by atoms with Gasteiger partial charge in [0.25, 0.3) is 0 Å². The Morgan fingerprint density at radius 1 is 1.11 bits per heavy atom. The second kappa shape index (κ2) is 7.27. The maximum Gasteiger partial charge on any atom is 0.239 e. The van der Waals surface area contributed by atoms with E-state index in [0.717, 1.165) is 61.9 Å². The maximum absolute atomic E-state index is 12.5. The first-order valence-corrected chi connectivity index (χ1v) is 9.85. The van der Waals surface area contributed by atoms with E-state index < -0.39 is 0 Å². The molecule has 0 spiro atoms. The molecule has 2 saturated heterocycles. The second-order valence-corrected chi connectivity index (χ2v) is 7.46. The van der Waals surface area contributed by atoms with Crippen molar-refractivity contribution < 1.29 is 9.32 Å². The van der Waals surface area contributed by atoms with Crippen LogP contribution in [0.3, 0.4) is 0 Å². The average Bonchev–Trinajstić information content (AvgIpc) is 3.45. The number of carbonyl (C=O) groups excluding carboxylic acids is 1. The van der Waals surface area contributed by atoms with Crippen LogP contribution >= 0.6 is 0 Å². The number of piperidine rings is 1. The Balaban J connectivity index is 1.27. The summed E-state index contributed by atoms with van der Waals surface area (Å²) in [5.41, 5.74) is 2.50. The first kappa shape index (κ1) is 17.2. The monoisotopic (exact) mass is 378 g/mol. The summed E-state index contributed by atoms with van der Waals surface area (Å²) in [6.45, 7) is 2.42. The molecular weight excluding hydrogens is 356 g/mol. The lowest BCUT2D eigenvalue weighted by molar-refractivity contribution is -0.134. The third kappa shape index (κ3) is 3.24. The number of likely N-dealkylation sites (tertiary alicyclic amines) is 1. The molecule has 2 aliphatic heterocycles. The zero-order valence-electron chi connectivity index (χ0n) is 15.5. The number of fused-ring (bicyclic) bond motifs is 1. The predicted molar refractivity (Wildman–Crippen MR) is 102 cm³/mol. The Bertz CT molecular complexity index is 989. The van der Waals surface area contributed by atoms with Crippen LogP contribution in [0.25, 0.3) is 22.4 Å². The molecule has 1 amide bonds. The fourth-order valence-corrected chi connectivity index (χ4v) is 4.08. The van der Waals surface area contributed by atoms with Gasteiger partial charge in [0, 0.05) is 37.0 Å². The van der Waals surface area contributed by atoms with Gasteiger partial charge >= 0.3 is 0 Å². The summed E-state index contributed by atoms with van der Waals surface area (Å²) in [4.78, 5) is 27.7. The van der Waals surface area contributed by atoms with Crippen molar-refractivity contribution in [3.8, 4) is 11.4 Å². The van der Waals surface area contributed by atoms with Crippen molar-refractivity contribution in [3.63, 3.8) is 0 Å². The molecule has 0 radical (unpaired) electrons. The van der Waals surface area contributed by atoms with Crippen LogP contribution in [0, 0.1) is 0 Å². The molecule has 3 aromatic rings.